The third-order valence-electron chi connectivity index (χ3n) is 8.33. The molecule has 2 saturated heterocycles. The van der Waals surface area contributed by atoms with Gasteiger partial charge in [0.05, 0.1) is 16.8 Å². The van der Waals surface area contributed by atoms with E-state index in [1.165, 1.54) is 5.69 Å². The number of aryl methyl sites for hydroxylation is 1. The van der Waals surface area contributed by atoms with Crippen LogP contribution in [0.2, 0.25) is 5.02 Å². The summed E-state index contributed by atoms with van der Waals surface area (Å²) < 4.78 is 7.50. The predicted molar refractivity (Wildman–Crippen MR) is 175 cm³/mol. The first-order valence-corrected chi connectivity index (χ1v) is 15.4. The molecule has 44 heavy (non-hydrogen) atoms. The van der Waals surface area contributed by atoms with Gasteiger partial charge >= 0.3 is 6.09 Å². The van der Waals surface area contributed by atoms with E-state index >= 15 is 0 Å². The summed E-state index contributed by atoms with van der Waals surface area (Å²) >= 11 is 6.79. The van der Waals surface area contributed by atoms with Crippen LogP contribution in [-0.2, 0) is 11.8 Å². The number of nitrogens with zero attached hydrogens (tertiary/aromatic N) is 5. The van der Waals surface area contributed by atoms with E-state index in [0.29, 0.717) is 23.7 Å². The summed E-state index contributed by atoms with van der Waals surface area (Å²) in [5.41, 5.74) is 6.02. The number of likely N-dealkylation sites (N-methyl/N-ethyl adjacent to an activating group) is 1. The number of anilines is 1. The fraction of sp³-hybridized carbons (Fsp3) is 0.382. The Morgan fingerprint density at radius 2 is 1.55 bits per heavy atom. The van der Waals surface area contributed by atoms with Crippen LogP contribution in [0.1, 0.15) is 31.1 Å². The Kier molecular flexibility index (Phi) is 8.02. The number of nitrogens with one attached hydrogen (secondary N) is 1. The van der Waals surface area contributed by atoms with E-state index in [2.05, 4.69) is 56.0 Å². The van der Waals surface area contributed by atoms with Gasteiger partial charge in [0.15, 0.2) is 0 Å². The van der Waals surface area contributed by atoms with Gasteiger partial charge in [0, 0.05) is 74.7 Å². The van der Waals surface area contributed by atoms with Crippen molar-refractivity contribution in [2.75, 3.05) is 51.2 Å². The summed E-state index contributed by atoms with van der Waals surface area (Å²) in [7, 11) is 4.18. The molecule has 2 fully saturated rings. The molecule has 0 unspecified atom stereocenters. The second-order valence-corrected chi connectivity index (χ2v) is 13.2. The van der Waals surface area contributed by atoms with Crippen molar-refractivity contribution in [3.05, 3.63) is 71.4 Å². The molecule has 9 nitrogen and oxygen atoms in total. The van der Waals surface area contributed by atoms with Gasteiger partial charge < -0.3 is 29.3 Å². The van der Waals surface area contributed by atoms with Crippen LogP contribution in [0, 0.1) is 0 Å². The van der Waals surface area contributed by atoms with Gasteiger partial charge in [-0.2, -0.15) is 0 Å². The average molecular weight is 615 g/mol. The molecule has 0 spiro atoms. The SMILES string of the molecule is CN1CCN(c2ccc(-c3c(-c4ccc(C(=O)NC5CN(C(=O)OC(C)(C)C)C5)cc4)c4c(Cl)ccnc4n3C)cc2)CC1. The van der Waals surface area contributed by atoms with Crippen LogP contribution >= 0.6 is 11.6 Å². The van der Waals surface area contributed by atoms with Crippen LogP contribution in [0.3, 0.4) is 0 Å². The van der Waals surface area contributed by atoms with Gasteiger partial charge in [-0.25, -0.2) is 9.78 Å². The average Bonchev–Trinajstić information content (AvgIpc) is 3.27. The number of carbonyl (C=O) groups is 2. The highest BCUT2D eigenvalue weighted by atomic mass is 35.5. The van der Waals surface area contributed by atoms with Crippen LogP contribution in [-0.4, -0.2) is 89.3 Å². The van der Waals surface area contributed by atoms with Gasteiger partial charge in [0.25, 0.3) is 5.91 Å². The van der Waals surface area contributed by atoms with Gasteiger partial charge in [0.1, 0.15) is 11.2 Å². The van der Waals surface area contributed by atoms with Gasteiger partial charge in [0.2, 0.25) is 0 Å². The van der Waals surface area contributed by atoms with Crippen LogP contribution in [0.4, 0.5) is 10.5 Å². The van der Waals surface area contributed by atoms with E-state index in [4.69, 9.17) is 16.3 Å². The summed E-state index contributed by atoms with van der Waals surface area (Å²) in [6.45, 7) is 10.5. The monoisotopic (exact) mass is 614 g/mol. The summed E-state index contributed by atoms with van der Waals surface area (Å²) in [5.74, 6) is -0.178. The third-order valence-corrected chi connectivity index (χ3v) is 8.65. The molecule has 1 N–H and O–H groups in total. The van der Waals surface area contributed by atoms with Crippen molar-refractivity contribution < 1.29 is 14.3 Å². The number of carbonyl (C=O) groups excluding carboxylic acids is 2. The maximum Gasteiger partial charge on any atom is 0.410 e. The molecule has 10 heteroatoms. The molecule has 2 amide bonds. The molecule has 0 saturated carbocycles. The Hall–Kier alpha value is -4.08. The van der Waals surface area contributed by atoms with E-state index < -0.39 is 5.60 Å². The maximum absolute atomic E-state index is 13.1. The predicted octanol–water partition coefficient (Wildman–Crippen LogP) is 5.66. The zero-order valence-electron chi connectivity index (χ0n) is 25.9. The lowest BCUT2D eigenvalue weighted by Crippen LogP contribution is -2.61. The second-order valence-electron chi connectivity index (χ2n) is 12.7. The number of likely N-dealkylation sites (tertiary alicyclic amines) is 1. The number of rotatable bonds is 5. The Morgan fingerprint density at radius 1 is 0.909 bits per heavy atom. The van der Waals surface area contributed by atoms with E-state index in [1.54, 1.807) is 11.1 Å². The van der Waals surface area contributed by atoms with E-state index in [9.17, 15) is 9.59 Å². The number of piperazine rings is 1. The quantitative estimate of drug-likeness (QED) is 0.312. The highest BCUT2D eigenvalue weighted by Gasteiger charge is 2.34. The second kappa shape index (κ2) is 11.8. The Bertz CT molecular complexity index is 1680. The fourth-order valence-corrected chi connectivity index (χ4v) is 6.16. The third kappa shape index (κ3) is 5.99. The summed E-state index contributed by atoms with van der Waals surface area (Å²) in [5, 5.41) is 4.53. The van der Waals surface area contributed by atoms with Crippen molar-refractivity contribution >= 4 is 40.3 Å². The van der Waals surface area contributed by atoms with Crippen LogP contribution in [0.15, 0.2) is 60.8 Å². The minimum Gasteiger partial charge on any atom is -0.444 e. The first kappa shape index (κ1) is 30.0. The van der Waals surface area contributed by atoms with Gasteiger partial charge in [-0.1, -0.05) is 35.9 Å². The van der Waals surface area contributed by atoms with Crippen molar-refractivity contribution in [1.29, 1.82) is 0 Å². The van der Waals surface area contributed by atoms with Crippen LogP contribution < -0.4 is 10.2 Å². The van der Waals surface area contributed by atoms with E-state index in [1.807, 2.05) is 58.2 Å². The van der Waals surface area contributed by atoms with Crippen molar-refractivity contribution in [2.24, 2.45) is 7.05 Å². The normalized spacial score (nSPS) is 16.2. The van der Waals surface area contributed by atoms with Crippen molar-refractivity contribution in [3.63, 3.8) is 0 Å². The molecule has 0 aliphatic carbocycles. The Labute approximate surface area is 263 Å². The summed E-state index contributed by atoms with van der Waals surface area (Å²) in [6, 6.07) is 18.0. The summed E-state index contributed by atoms with van der Waals surface area (Å²) in [4.78, 5) is 36.3. The smallest absolute Gasteiger partial charge is 0.410 e. The standard InChI is InChI=1S/C34H39ClN6O3/c1-34(2,3)44-33(43)41-20-25(21-41)37-32(42)24-8-6-22(7-9-24)28-29-27(35)14-15-36-31(29)39(5)30(28)23-10-12-26(13-11-23)40-18-16-38(4)17-19-40/h6-15,25H,16-21H2,1-5H3,(H,37,42). The van der Waals surface area contributed by atoms with E-state index in [0.717, 1.165) is 59.6 Å². The highest BCUT2D eigenvalue weighted by Crippen LogP contribution is 2.43. The minimum atomic E-state index is -0.550. The molecule has 4 heterocycles. The van der Waals surface area contributed by atoms with Crippen molar-refractivity contribution in [3.8, 4) is 22.4 Å². The number of aromatic nitrogens is 2. The molecule has 6 rings (SSSR count). The molecule has 0 bridgehead atoms. The highest BCUT2D eigenvalue weighted by molar-refractivity contribution is 6.37. The number of benzene rings is 2. The lowest BCUT2D eigenvalue weighted by Gasteiger charge is -2.39. The molecule has 4 aromatic rings. The van der Waals surface area contributed by atoms with E-state index in [-0.39, 0.29) is 18.0 Å². The zero-order chi connectivity index (χ0) is 31.2. The van der Waals surface area contributed by atoms with Gasteiger partial charge in [-0.3, -0.25) is 4.79 Å². The Morgan fingerprint density at radius 3 is 2.18 bits per heavy atom. The lowest BCUT2D eigenvalue weighted by molar-refractivity contribution is 0.00533. The van der Waals surface area contributed by atoms with Crippen LogP contribution in [0.5, 0.6) is 0 Å². The molecule has 0 radical (unpaired) electrons. The number of ether oxygens (including phenoxy) is 1. The molecular formula is C34H39ClN6O3. The number of fused-ring (bicyclic) bond motifs is 1. The minimum absolute atomic E-state index is 0.113. The maximum atomic E-state index is 13.1. The van der Waals surface area contributed by atoms with Crippen LogP contribution in [0.25, 0.3) is 33.4 Å². The number of pyridine rings is 1. The van der Waals surface area contributed by atoms with Gasteiger partial charge in [-0.05, 0) is 69.3 Å². The zero-order valence-corrected chi connectivity index (χ0v) is 26.7. The fourth-order valence-electron chi connectivity index (χ4n) is 5.92. The molecular weight excluding hydrogens is 576 g/mol. The van der Waals surface area contributed by atoms with Crippen molar-refractivity contribution in [1.82, 2.24) is 24.7 Å². The number of amides is 2. The molecule has 0 atom stereocenters. The first-order valence-electron chi connectivity index (χ1n) is 15.0. The molecule has 2 aromatic carbocycles. The number of hydrogen-bond donors (Lipinski definition) is 1. The largest absolute Gasteiger partial charge is 0.444 e. The molecule has 2 aliphatic rings. The number of halogens is 1. The first-order chi connectivity index (χ1) is 21.0. The topological polar surface area (TPSA) is 82.9 Å². The van der Waals surface area contributed by atoms with Crippen molar-refractivity contribution in [2.45, 2.75) is 32.4 Å². The lowest BCUT2D eigenvalue weighted by atomic mass is 9.97. The Balaban J connectivity index is 1.24. The number of hydrogen-bond acceptors (Lipinski definition) is 6. The summed E-state index contributed by atoms with van der Waals surface area (Å²) in [6.07, 6.45) is 1.37. The van der Waals surface area contributed by atoms with Gasteiger partial charge in [-0.15, -0.1) is 0 Å². The molecule has 2 aliphatic heterocycles. The molecule has 2 aromatic heterocycles. The molecule has 230 valence electrons.